The molecule has 0 unspecified atom stereocenters. The van der Waals surface area contributed by atoms with Gasteiger partial charge < -0.3 is 4.57 Å². The molecule has 0 radical (unpaired) electrons. The van der Waals surface area contributed by atoms with Gasteiger partial charge in [0.15, 0.2) is 0 Å². The van der Waals surface area contributed by atoms with Gasteiger partial charge >= 0.3 is 6.03 Å². The molecule has 32 heavy (non-hydrogen) atoms. The van der Waals surface area contributed by atoms with Gasteiger partial charge in [-0.05, 0) is 74.9 Å². The average molecular weight is 424 g/mol. The summed E-state index contributed by atoms with van der Waals surface area (Å²) in [7, 11) is 0. The number of rotatable bonds is 3. The molecule has 7 heteroatoms. The van der Waals surface area contributed by atoms with Crippen LogP contribution in [0.5, 0.6) is 0 Å². The lowest BCUT2D eigenvalue weighted by Gasteiger charge is -2.26. The number of barbiturate groups is 1. The van der Waals surface area contributed by atoms with Crippen molar-refractivity contribution in [3.63, 3.8) is 0 Å². The van der Waals surface area contributed by atoms with Gasteiger partial charge in [-0.3, -0.25) is 14.9 Å². The number of carbonyl (C=O) groups excluding carboxylic acids is 3. The van der Waals surface area contributed by atoms with Crippen molar-refractivity contribution in [3.05, 3.63) is 88.2 Å². The minimum absolute atomic E-state index is 0.120. The Kier molecular flexibility index (Phi) is 5.21. The lowest BCUT2D eigenvalue weighted by Crippen LogP contribution is -2.54. The zero-order valence-corrected chi connectivity index (χ0v) is 17.8. The van der Waals surface area contributed by atoms with Gasteiger partial charge in [0.05, 0.1) is 17.3 Å². The highest BCUT2D eigenvalue weighted by Gasteiger charge is 2.37. The quantitative estimate of drug-likeness (QED) is 0.509. The number of aromatic nitrogens is 1. The average Bonchev–Trinajstić information content (AvgIpc) is 3.05. The molecule has 1 saturated heterocycles. The predicted molar refractivity (Wildman–Crippen MR) is 120 cm³/mol. The number of hydrogen-bond donors (Lipinski definition) is 1. The van der Waals surface area contributed by atoms with Crippen molar-refractivity contribution in [2.45, 2.75) is 20.8 Å². The topological polar surface area (TPSA) is 95.2 Å². The molecule has 0 saturated carbocycles. The van der Waals surface area contributed by atoms with Crippen LogP contribution in [0, 0.1) is 32.1 Å². The van der Waals surface area contributed by atoms with Crippen molar-refractivity contribution >= 4 is 29.6 Å². The molecular weight excluding hydrogens is 404 g/mol. The Morgan fingerprint density at radius 1 is 0.906 bits per heavy atom. The third kappa shape index (κ3) is 3.59. The zero-order valence-electron chi connectivity index (χ0n) is 17.8. The Bertz CT molecular complexity index is 1320. The van der Waals surface area contributed by atoms with E-state index in [1.165, 1.54) is 6.08 Å². The van der Waals surface area contributed by atoms with Gasteiger partial charge in [-0.15, -0.1) is 0 Å². The van der Waals surface area contributed by atoms with E-state index in [4.69, 9.17) is 5.26 Å². The molecule has 2 heterocycles. The molecule has 0 bridgehead atoms. The van der Waals surface area contributed by atoms with Gasteiger partial charge in [-0.2, -0.15) is 5.26 Å². The van der Waals surface area contributed by atoms with Crippen molar-refractivity contribution in [1.82, 2.24) is 9.88 Å². The Morgan fingerprint density at radius 3 is 2.16 bits per heavy atom. The van der Waals surface area contributed by atoms with Crippen LogP contribution in [0.4, 0.5) is 10.5 Å². The van der Waals surface area contributed by atoms with Crippen molar-refractivity contribution in [3.8, 4) is 11.8 Å². The third-order valence-corrected chi connectivity index (χ3v) is 5.42. The van der Waals surface area contributed by atoms with E-state index in [1.807, 2.05) is 43.5 Å². The van der Waals surface area contributed by atoms with Crippen molar-refractivity contribution in [1.29, 1.82) is 5.26 Å². The van der Waals surface area contributed by atoms with Crippen LogP contribution < -0.4 is 10.2 Å². The highest BCUT2D eigenvalue weighted by molar-refractivity contribution is 6.39. The molecule has 1 aliphatic heterocycles. The lowest BCUT2D eigenvalue weighted by atomic mass is 10.1. The second kappa shape index (κ2) is 8.00. The number of anilines is 1. The highest BCUT2D eigenvalue weighted by Crippen LogP contribution is 2.26. The first-order valence-corrected chi connectivity index (χ1v) is 9.98. The molecule has 158 valence electrons. The number of nitrogens with one attached hydrogen (secondary N) is 1. The SMILES string of the molecule is Cc1ccc(N2C(=O)NC(=O)/C(=C\c3cc(C)n(-c4ccc(C#N)cc4)c3C)C2=O)cc1. The maximum atomic E-state index is 13.1. The number of benzene rings is 2. The van der Waals surface area contributed by atoms with Crippen molar-refractivity contribution in [2.24, 2.45) is 0 Å². The molecule has 0 aliphatic carbocycles. The summed E-state index contributed by atoms with van der Waals surface area (Å²) in [6, 6.07) is 17.2. The van der Waals surface area contributed by atoms with Crippen LogP contribution in [0.25, 0.3) is 11.8 Å². The van der Waals surface area contributed by atoms with Crippen molar-refractivity contribution in [2.75, 3.05) is 4.90 Å². The fraction of sp³-hybridized carbons (Fsp3) is 0.120. The summed E-state index contributed by atoms with van der Waals surface area (Å²) < 4.78 is 1.97. The van der Waals surface area contributed by atoms with Crippen LogP contribution in [-0.4, -0.2) is 22.4 Å². The van der Waals surface area contributed by atoms with Gasteiger partial charge in [0, 0.05) is 17.1 Å². The minimum atomic E-state index is -0.774. The Labute approximate surface area is 185 Å². The van der Waals surface area contributed by atoms with Gasteiger partial charge in [0.2, 0.25) is 0 Å². The summed E-state index contributed by atoms with van der Waals surface area (Å²) in [5.74, 6) is -1.41. The van der Waals surface area contributed by atoms with E-state index in [2.05, 4.69) is 11.4 Å². The number of hydrogen-bond acceptors (Lipinski definition) is 4. The van der Waals surface area contributed by atoms with Crippen LogP contribution in [0.15, 0.2) is 60.2 Å². The first kappa shape index (κ1) is 20.8. The summed E-state index contributed by atoms with van der Waals surface area (Å²) >= 11 is 0. The maximum absolute atomic E-state index is 13.1. The number of urea groups is 1. The molecule has 0 atom stereocenters. The molecule has 1 fully saturated rings. The molecule has 3 aromatic rings. The molecule has 7 nitrogen and oxygen atoms in total. The summed E-state index contributed by atoms with van der Waals surface area (Å²) in [5, 5.41) is 11.3. The number of nitrogens with zero attached hydrogens (tertiary/aromatic N) is 3. The summed E-state index contributed by atoms with van der Waals surface area (Å²) in [5.41, 5.74) is 5.07. The van der Waals surface area contributed by atoms with Crippen LogP contribution in [-0.2, 0) is 9.59 Å². The first-order chi connectivity index (χ1) is 15.3. The monoisotopic (exact) mass is 424 g/mol. The predicted octanol–water partition coefficient (Wildman–Crippen LogP) is 3.94. The van der Waals surface area contributed by atoms with E-state index in [-0.39, 0.29) is 5.57 Å². The molecule has 1 aromatic heterocycles. The largest absolute Gasteiger partial charge is 0.335 e. The second-order valence-corrected chi connectivity index (χ2v) is 7.61. The minimum Gasteiger partial charge on any atom is -0.318 e. The fourth-order valence-corrected chi connectivity index (χ4v) is 3.76. The Balaban J connectivity index is 1.74. The molecule has 4 amide bonds. The van der Waals surface area contributed by atoms with E-state index in [9.17, 15) is 14.4 Å². The summed E-state index contributed by atoms with van der Waals surface area (Å²) in [6.45, 7) is 5.70. The fourth-order valence-electron chi connectivity index (χ4n) is 3.76. The number of imide groups is 2. The van der Waals surface area contributed by atoms with E-state index in [0.717, 1.165) is 27.5 Å². The van der Waals surface area contributed by atoms with Crippen LogP contribution in [0.2, 0.25) is 0 Å². The molecule has 0 spiro atoms. The number of carbonyl (C=O) groups is 3. The lowest BCUT2D eigenvalue weighted by molar-refractivity contribution is -0.122. The van der Waals surface area contributed by atoms with E-state index >= 15 is 0 Å². The maximum Gasteiger partial charge on any atom is 0.335 e. The van der Waals surface area contributed by atoms with Gasteiger partial charge in [-0.1, -0.05) is 17.7 Å². The summed E-state index contributed by atoms with van der Waals surface area (Å²) in [4.78, 5) is 39.0. The van der Waals surface area contributed by atoms with E-state index in [0.29, 0.717) is 16.8 Å². The standard InChI is InChI=1S/C25H20N4O3/c1-15-4-8-21(9-5-15)29-24(31)22(23(30)27-25(29)32)13-19-12-16(2)28(17(19)3)20-10-6-18(14-26)7-11-20/h4-13H,1-3H3,(H,27,30,32)/b22-13+. The van der Waals surface area contributed by atoms with Crippen LogP contribution >= 0.6 is 0 Å². The molecule has 4 rings (SSSR count). The third-order valence-electron chi connectivity index (χ3n) is 5.42. The van der Waals surface area contributed by atoms with Crippen LogP contribution in [0.3, 0.4) is 0 Å². The van der Waals surface area contributed by atoms with Gasteiger partial charge in [0.25, 0.3) is 11.8 Å². The second-order valence-electron chi connectivity index (χ2n) is 7.61. The molecule has 2 aromatic carbocycles. The number of amides is 4. The smallest absolute Gasteiger partial charge is 0.318 e. The Morgan fingerprint density at radius 2 is 1.53 bits per heavy atom. The molecular formula is C25H20N4O3. The molecule has 1 N–H and O–H groups in total. The normalized spacial score (nSPS) is 15.1. The highest BCUT2D eigenvalue weighted by atomic mass is 16.2. The zero-order chi connectivity index (χ0) is 23.0. The van der Waals surface area contributed by atoms with Gasteiger partial charge in [0.1, 0.15) is 5.57 Å². The van der Waals surface area contributed by atoms with Crippen molar-refractivity contribution < 1.29 is 14.4 Å². The summed E-state index contributed by atoms with van der Waals surface area (Å²) in [6.07, 6.45) is 1.51. The first-order valence-electron chi connectivity index (χ1n) is 9.98. The van der Waals surface area contributed by atoms with E-state index < -0.39 is 17.8 Å². The Hall–Kier alpha value is -4.44. The van der Waals surface area contributed by atoms with Crippen LogP contribution in [0.1, 0.15) is 28.1 Å². The van der Waals surface area contributed by atoms with E-state index in [1.54, 1.807) is 36.4 Å². The number of aryl methyl sites for hydroxylation is 2. The molecule has 1 aliphatic rings. The number of nitriles is 1. The van der Waals surface area contributed by atoms with Gasteiger partial charge in [-0.25, -0.2) is 9.69 Å².